The Balaban J connectivity index is 1.68. The summed E-state index contributed by atoms with van der Waals surface area (Å²) in [7, 11) is -3.73. The lowest BCUT2D eigenvalue weighted by Crippen LogP contribution is -2.13. The quantitative estimate of drug-likeness (QED) is 0.453. The number of anilines is 1. The number of nitrogens with zero attached hydrogens (tertiary/aromatic N) is 3. The zero-order valence-electron chi connectivity index (χ0n) is 16.4. The fraction of sp³-hybridized carbons (Fsp3) is 0.143. The Morgan fingerprint density at radius 2 is 1.77 bits per heavy atom. The summed E-state index contributed by atoms with van der Waals surface area (Å²) in [5, 5.41) is 18.1. The lowest BCUT2D eigenvalue weighted by Gasteiger charge is -2.16. The molecule has 2 heterocycles. The van der Waals surface area contributed by atoms with Gasteiger partial charge in [-0.1, -0.05) is 12.1 Å². The number of rotatable bonds is 5. The van der Waals surface area contributed by atoms with Crippen molar-refractivity contribution in [2.45, 2.75) is 24.8 Å². The molecule has 0 aliphatic rings. The first-order chi connectivity index (χ1) is 14.2. The second-order valence-electron chi connectivity index (χ2n) is 7.04. The number of primary sulfonamides is 1. The molecule has 154 valence electrons. The molecule has 0 amide bonds. The molecule has 1 atom stereocenters. The van der Waals surface area contributed by atoms with Crippen molar-refractivity contribution in [2.75, 3.05) is 5.32 Å². The van der Waals surface area contributed by atoms with E-state index in [4.69, 9.17) is 5.14 Å². The van der Waals surface area contributed by atoms with Gasteiger partial charge in [-0.25, -0.2) is 23.5 Å². The van der Waals surface area contributed by atoms with Crippen molar-refractivity contribution < 1.29 is 13.5 Å². The average molecular weight is 423 g/mol. The number of aromatic hydroxyl groups is 1. The molecule has 1 unspecified atom stereocenters. The maximum absolute atomic E-state index is 11.4. The fourth-order valence-corrected chi connectivity index (χ4v) is 3.91. The highest BCUT2D eigenvalue weighted by molar-refractivity contribution is 7.89. The van der Waals surface area contributed by atoms with Crippen molar-refractivity contribution >= 4 is 21.5 Å². The maximum Gasteiger partial charge on any atom is 0.238 e. The molecule has 0 bridgehead atoms. The van der Waals surface area contributed by atoms with Gasteiger partial charge >= 0.3 is 0 Å². The van der Waals surface area contributed by atoms with Crippen molar-refractivity contribution in [3.8, 4) is 17.0 Å². The van der Waals surface area contributed by atoms with Crippen LogP contribution in [0.25, 0.3) is 16.9 Å². The van der Waals surface area contributed by atoms with Crippen LogP contribution in [0.4, 0.5) is 5.82 Å². The molecule has 4 rings (SSSR count). The molecule has 0 aliphatic carbocycles. The summed E-state index contributed by atoms with van der Waals surface area (Å²) in [5.41, 5.74) is 4.24. The fourth-order valence-electron chi connectivity index (χ4n) is 3.39. The highest BCUT2D eigenvalue weighted by atomic mass is 32.2. The molecule has 9 heteroatoms. The summed E-state index contributed by atoms with van der Waals surface area (Å²) >= 11 is 0. The summed E-state index contributed by atoms with van der Waals surface area (Å²) in [6.45, 7) is 3.88. The van der Waals surface area contributed by atoms with Gasteiger partial charge in [-0.3, -0.25) is 4.40 Å². The summed E-state index contributed by atoms with van der Waals surface area (Å²) in [5.74, 6) is 0.810. The summed E-state index contributed by atoms with van der Waals surface area (Å²) in [6, 6.07) is 13.2. The number of phenols is 1. The van der Waals surface area contributed by atoms with Gasteiger partial charge in [0, 0.05) is 18.0 Å². The Bertz CT molecular complexity index is 1310. The van der Waals surface area contributed by atoms with E-state index in [2.05, 4.69) is 15.3 Å². The van der Waals surface area contributed by atoms with Crippen LogP contribution in [0.5, 0.6) is 5.75 Å². The third-order valence-corrected chi connectivity index (χ3v) is 5.85. The molecular formula is C21H21N5O3S. The smallest absolute Gasteiger partial charge is 0.238 e. The van der Waals surface area contributed by atoms with Gasteiger partial charge in [0.25, 0.3) is 0 Å². The van der Waals surface area contributed by atoms with E-state index >= 15 is 0 Å². The van der Waals surface area contributed by atoms with Gasteiger partial charge in [-0.15, -0.1) is 0 Å². The van der Waals surface area contributed by atoms with Gasteiger partial charge in [-0.05, 0) is 55.8 Å². The van der Waals surface area contributed by atoms with Crippen LogP contribution in [0, 0.1) is 6.92 Å². The lowest BCUT2D eigenvalue weighted by molar-refractivity contribution is 0.475. The first-order valence-electron chi connectivity index (χ1n) is 9.26. The third-order valence-electron chi connectivity index (χ3n) is 4.92. The monoisotopic (exact) mass is 423 g/mol. The van der Waals surface area contributed by atoms with Crippen molar-refractivity contribution in [2.24, 2.45) is 5.14 Å². The van der Waals surface area contributed by atoms with E-state index in [9.17, 15) is 13.5 Å². The van der Waals surface area contributed by atoms with E-state index in [-0.39, 0.29) is 16.7 Å². The summed E-state index contributed by atoms with van der Waals surface area (Å²) in [4.78, 5) is 9.20. The predicted molar refractivity (Wildman–Crippen MR) is 115 cm³/mol. The van der Waals surface area contributed by atoms with Crippen LogP contribution in [-0.4, -0.2) is 27.9 Å². The van der Waals surface area contributed by atoms with Gasteiger partial charge in [0.05, 0.1) is 22.3 Å². The molecule has 0 saturated carbocycles. The summed E-state index contributed by atoms with van der Waals surface area (Å²) < 4.78 is 24.8. The molecule has 0 radical (unpaired) electrons. The van der Waals surface area contributed by atoms with Crippen LogP contribution >= 0.6 is 0 Å². The Kier molecular flexibility index (Phi) is 4.92. The number of fused-ring (bicyclic) bond motifs is 1. The highest BCUT2D eigenvalue weighted by Crippen LogP contribution is 2.29. The van der Waals surface area contributed by atoms with E-state index in [1.807, 2.05) is 36.6 Å². The molecule has 30 heavy (non-hydrogen) atoms. The van der Waals surface area contributed by atoms with Gasteiger partial charge in [0.15, 0.2) is 11.5 Å². The number of benzene rings is 2. The predicted octanol–water partition coefficient (Wildman–Crippen LogP) is 3.23. The Hall–Kier alpha value is -3.43. The van der Waals surface area contributed by atoms with E-state index in [0.717, 1.165) is 22.5 Å². The van der Waals surface area contributed by atoms with Crippen LogP contribution in [0.3, 0.4) is 0 Å². The zero-order chi connectivity index (χ0) is 21.5. The molecule has 2 aromatic carbocycles. The van der Waals surface area contributed by atoms with E-state index in [1.54, 1.807) is 30.5 Å². The molecular weight excluding hydrogens is 402 g/mol. The standard InChI is InChI=1S/C21H21N5O3S/c1-13(15-5-9-18(10-6-15)30(22,28)29)24-20-21-25-14(2)19(26(21)12-11-23-20)16-3-7-17(27)8-4-16/h3-13,27H,1-2H3,(H,23,24)(H2,22,28,29). The van der Waals surface area contributed by atoms with Crippen molar-refractivity contribution in [3.63, 3.8) is 0 Å². The minimum Gasteiger partial charge on any atom is -0.508 e. The number of aryl methyl sites for hydroxylation is 1. The van der Waals surface area contributed by atoms with E-state index < -0.39 is 10.0 Å². The molecule has 4 N–H and O–H groups in total. The normalized spacial score (nSPS) is 12.8. The summed E-state index contributed by atoms with van der Waals surface area (Å²) in [6.07, 6.45) is 3.53. The first-order valence-corrected chi connectivity index (χ1v) is 10.8. The zero-order valence-corrected chi connectivity index (χ0v) is 17.3. The van der Waals surface area contributed by atoms with Gasteiger partial charge in [0.2, 0.25) is 10.0 Å². The van der Waals surface area contributed by atoms with Crippen LogP contribution in [-0.2, 0) is 10.0 Å². The maximum atomic E-state index is 11.4. The second kappa shape index (κ2) is 7.43. The molecule has 0 fully saturated rings. The molecule has 0 aliphatic heterocycles. The molecule has 0 saturated heterocycles. The number of nitrogens with two attached hydrogens (primary N) is 1. The van der Waals surface area contributed by atoms with Crippen molar-refractivity contribution in [3.05, 3.63) is 72.2 Å². The average Bonchev–Trinajstić information content (AvgIpc) is 3.05. The lowest BCUT2D eigenvalue weighted by atomic mass is 10.1. The number of phenolic OH excluding ortho intramolecular Hbond substituents is 1. The minimum absolute atomic E-state index is 0.0705. The van der Waals surface area contributed by atoms with Crippen LogP contribution < -0.4 is 10.5 Å². The minimum atomic E-state index is -3.73. The third kappa shape index (κ3) is 3.72. The number of imidazole rings is 1. The van der Waals surface area contributed by atoms with Gasteiger partial charge in [0.1, 0.15) is 5.75 Å². The number of nitrogens with one attached hydrogen (secondary N) is 1. The molecule has 8 nitrogen and oxygen atoms in total. The number of hydrogen-bond acceptors (Lipinski definition) is 6. The van der Waals surface area contributed by atoms with E-state index in [0.29, 0.717) is 11.5 Å². The van der Waals surface area contributed by atoms with Gasteiger partial charge in [-0.2, -0.15) is 0 Å². The SMILES string of the molecule is Cc1nc2c(NC(C)c3ccc(S(N)(=O)=O)cc3)nccn2c1-c1ccc(O)cc1. The second-order valence-corrected chi connectivity index (χ2v) is 8.60. The van der Waals surface area contributed by atoms with E-state index in [1.165, 1.54) is 12.1 Å². The number of hydrogen-bond donors (Lipinski definition) is 3. The van der Waals surface area contributed by atoms with Crippen LogP contribution in [0.1, 0.15) is 24.2 Å². The number of sulfonamides is 1. The van der Waals surface area contributed by atoms with Crippen LogP contribution in [0.2, 0.25) is 0 Å². The van der Waals surface area contributed by atoms with Gasteiger partial charge < -0.3 is 10.4 Å². The molecule has 4 aromatic rings. The highest BCUT2D eigenvalue weighted by Gasteiger charge is 2.16. The molecule has 0 spiro atoms. The Morgan fingerprint density at radius 1 is 1.10 bits per heavy atom. The topological polar surface area (TPSA) is 123 Å². The largest absolute Gasteiger partial charge is 0.508 e. The Morgan fingerprint density at radius 3 is 2.40 bits per heavy atom. The molecule has 2 aromatic heterocycles. The van der Waals surface area contributed by atoms with Crippen molar-refractivity contribution in [1.82, 2.24) is 14.4 Å². The number of aromatic nitrogens is 3. The Labute approximate surface area is 174 Å². The first kappa shape index (κ1) is 19.9. The van der Waals surface area contributed by atoms with Crippen LogP contribution in [0.15, 0.2) is 65.8 Å². The van der Waals surface area contributed by atoms with Crippen molar-refractivity contribution in [1.29, 1.82) is 0 Å².